The fourth-order valence-electron chi connectivity index (χ4n) is 6.09. The molecule has 0 heterocycles. The van der Waals surface area contributed by atoms with Crippen LogP contribution in [0.1, 0.15) is 62.9 Å². The van der Waals surface area contributed by atoms with E-state index in [2.05, 4.69) is 16.0 Å². The zero-order valence-corrected chi connectivity index (χ0v) is 28.5. The molecule has 0 unspecified atom stereocenters. The smallest absolute Gasteiger partial charge is 0.242 e. The Morgan fingerprint density at radius 2 is 1.49 bits per heavy atom. The fraction of sp³-hybridized carbons (Fsp3) is 0.417. The first-order chi connectivity index (χ1) is 22.5. The molecular weight excluding hydrogens is 602 g/mol. The van der Waals surface area contributed by atoms with Gasteiger partial charge in [-0.25, -0.2) is 0 Å². The van der Waals surface area contributed by atoms with Gasteiger partial charge in [-0.2, -0.15) is 0 Å². The molecule has 0 bridgehead atoms. The molecule has 11 nitrogen and oxygen atoms in total. The summed E-state index contributed by atoms with van der Waals surface area (Å²) in [5.41, 5.74) is 3.76. The van der Waals surface area contributed by atoms with Gasteiger partial charge in [0.2, 0.25) is 23.0 Å². The quantitative estimate of drug-likeness (QED) is 0.243. The van der Waals surface area contributed by atoms with Crippen LogP contribution in [0.3, 0.4) is 0 Å². The van der Waals surface area contributed by atoms with Crippen LogP contribution in [-0.2, 0) is 16.0 Å². The average molecular weight is 648 g/mol. The molecule has 2 amide bonds. The summed E-state index contributed by atoms with van der Waals surface area (Å²) in [6, 6.07) is 10.9. The molecular formula is C36H45N3O8. The van der Waals surface area contributed by atoms with Crippen molar-refractivity contribution in [2.75, 3.05) is 40.9 Å². The summed E-state index contributed by atoms with van der Waals surface area (Å²) >= 11 is 0. The maximum atomic E-state index is 13.8. The van der Waals surface area contributed by atoms with E-state index in [4.69, 9.17) is 23.7 Å². The second kappa shape index (κ2) is 15.1. The lowest BCUT2D eigenvalue weighted by Gasteiger charge is -2.26. The molecule has 47 heavy (non-hydrogen) atoms. The Kier molecular flexibility index (Phi) is 11.2. The predicted molar refractivity (Wildman–Crippen MR) is 181 cm³/mol. The number of amides is 2. The van der Waals surface area contributed by atoms with Crippen molar-refractivity contribution in [2.45, 2.75) is 58.7 Å². The van der Waals surface area contributed by atoms with Gasteiger partial charge in [0.05, 0.1) is 53.3 Å². The monoisotopic (exact) mass is 647 g/mol. The van der Waals surface area contributed by atoms with Crippen LogP contribution in [0, 0.1) is 5.92 Å². The topological polar surface area (TPSA) is 133 Å². The van der Waals surface area contributed by atoms with Crippen molar-refractivity contribution < 1.29 is 33.3 Å². The highest BCUT2D eigenvalue weighted by Gasteiger charge is 2.30. The van der Waals surface area contributed by atoms with E-state index in [1.807, 2.05) is 44.2 Å². The van der Waals surface area contributed by atoms with E-state index in [-0.39, 0.29) is 34.9 Å². The third-order valence-corrected chi connectivity index (χ3v) is 8.41. The number of hydrogen-bond donors (Lipinski definition) is 3. The third kappa shape index (κ3) is 7.40. The fourth-order valence-corrected chi connectivity index (χ4v) is 6.09. The van der Waals surface area contributed by atoms with Crippen molar-refractivity contribution in [2.24, 2.45) is 5.92 Å². The molecule has 3 atom stereocenters. The minimum atomic E-state index is -0.761. The van der Waals surface area contributed by atoms with Gasteiger partial charge in [-0.05, 0) is 78.3 Å². The lowest BCUT2D eigenvalue weighted by Crippen LogP contribution is -2.41. The molecule has 3 aromatic rings. The van der Waals surface area contributed by atoms with Crippen LogP contribution < -0.4 is 45.1 Å². The van der Waals surface area contributed by atoms with E-state index in [1.54, 1.807) is 41.4 Å². The molecule has 4 rings (SSSR count). The van der Waals surface area contributed by atoms with Crippen LogP contribution in [0.5, 0.6) is 28.7 Å². The van der Waals surface area contributed by atoms with E-state index in [9.17, 15) is 14.4 Å². The maximum Gasteiger partial charge on any atom is 0.242 e. The zero-order valence-electron chi connectivity index (χ0n) is 28.5. The Balaban J connectivity index is 1.73. The van der Waals surface area contributed by atoms with Gasteiger partial charge < -0.3 is 39.6 Å². The molecule has 0 saturated carbocycles. The first-order valence-corrected chi connectivity index (χ1v) is 15.5. The lowest BCUT2D eigenvalue weighted by molar-refractivity contribution is -0.122. The lowest BCUT2D eigenvalue weighted by atomic mass is 9.95. The molecule has 0 aliphatic heterocycles. The van der Waals surface area contributed by atoms with Gasteiger partial charge in [-0.1, -0.05) is 26.0 Å². The standard InChI is InChI=1S/C36H45N3O8/c1-19(2)33(23-11-15-29(43-5)30(17-23)44-6)39-36(42)20(3)37-27-14-12-24-25(18-28(27)41)26(38-21(4)40)13-10-22-16-31(45-7)34(46-8)35(47-9)32(22)24/h11-12,14-20,26,33H,10,13H2,1-9H3,(H,37,41)(H,38,40)(H,39,42)/t20-,26-,33-/m0/s1. The molecule has 0 aromatic heterocycles. The number of fused-ring (bicyclic) bond motifs is 3. The van der Waals surface area contributed by atoms with Crippen LogP contribution in [0.15, 0.2) is 47.3 Å². The summed E-state index contributed by atoms with van der Waals surface area (Å²) in [5.74, 6) is 2.11. The minimum Gasteiger partial charge on any atom is -0.493 e. The molecule has 0 saturated heterocycles. The Morgan fingerprint density at radius 3 is 2.09 bits per heavy atom. The molecule has 0 spiro atoms. The highest BCUT2D eigenvalue weighted by atomic mass is 16.5. The molecule has 1 aliphatic carbocycles. The van der Waals surface area contributed by atoms with Crippen LogP contribution in [0.4, 0.5) is 5.69 Å². The highest BCUT2D eigenvalue weighted by Crippen LogP contribution is 2.50. The summed E-state index contributed by atoms with van der Waals surface area (Å²) in [6.07, 6.45) is 1.12. The van der Waals surface area contributed by atoms with Gasteiger partial charge >= 0.3 is 0 Å². The number of anilines is 1. The SMILES string of the molecule is COc1ccc([C@@H](NC(=O)[C@H](C)Nc2ccc3c(cc2=O)[C@@H](NC(C)=O)CCc2cc(OC)c(OC)c(OC)c2-3)C(C)C)cc1OC. The summed E-state index contributed by atoms with van der Waals surface area (Å²) in [6.45, 7) is 7.18. The number of benzene rings is 2. The van der Waals surface area contributed by atoms with Crippen molar-refractivity contribution in [3.05, 3.63) is 69.4 Å². The Bertz CT molecular complexity index is 1690. The Hall–Kier alpha value is -4.93. The molecule has 0 fully saturated rings. The molecule has 1 aliphatic rings. The Morgan fingerprint density at radius 1 is 0.809 bits per heavy atom. The third-order valence-electron chi connectivity index (χ3n) is 8.41. The molecule has 0 radical (unpaired) electrons. The van der Waals surface area contributed by atoms with Gasteiger partial charge in [0.15, 0.2) is 23.0 Å². The number of hydrogen-bond acceptors (Lipinski definition) is 9. The second-order valence-electron chi connectivity index (χ2n) is 11.8. The van der Waals surface area contributed by atoms with Crippen LogP contribution in [0.2, 0.25) is 0 Å². The zero-order chi connectivity index (χ0) is 34.4. The second-order valence-corrected chi connectivity index (χ2v) is 11.8. The summed E-state index contributed by atoms with van der Waals surface area (Å²) < 4.78 is 28.0. The first-order valence-electron chi connectivity index (χ1n) is 15.5. The number of rotatable bonds is 12. The molecule has 3 aromatic carbocycles. The minimum absolute atomic E-state index is 0.0564. The number of carbonyl (C=O) groups is 2. The average Bonchev–Trinajstić information content (AvgIpc) is 3.30. The van der Waals surface area contributed by atoms with Crippen molar-refractivity contribution in [3.8, 4) is 39.9 Å². The van der Waals surface area contributed by atoms with Crippen LogP contribution in [-0.4, -0.2) is 53.4 Å². The number of ether oxygens (including phenoxy) is 5. The largest absolute Gasteiger partial charge is 0.493 e. The van der Waals surface area contributed by atoms with E-state index >= 15 is 0 Å². The van der Waals surface area contributed by atoms with Crippen LogP contribution in [0.25, 0.3) is 11.1 Å². The number of carbonyl (C=O) groups excluding carboxylic acids is 2. The molecule has 3 N–H and O–H groups in total. The number of methoxy groups -OCH3 is 5. The Labute approximate surface area is 275 Å². The van der Waals surface area contributed by atoms with Crippen molar-refractivity contribution >= 4 is 17.5 Å². The van der Waals surface area contributed by atoms with Crippen molar-refractivity contribution in [1.29, 1.82) is 0 Å². The van der Waals surface area contributed by atoms with Crippen molar-refractivity contribution in [3.63, 3.8) is 0 Å². The van der Waals surface area contributed by atoms with E-state index < -0.39 is 12.1 Å². The van der Waals surface area contributed by atoms with E-state index in [0.29, 0.717) is 52.7 Å². The summed E-state index contributed by atoms with van der Waals surface area (Å²) in [4.78, 5) is 39.6. The summed E-state index contributed by atoms with van der Waals surface area (Å²) in [5, 5.41) is 9.25. The highest BCUT2D eigenvalue weighted by molar-refractivity contribution is 5.86. The van der Waals surface area contributed by atoms with Crippen molar-refractivity contribution in [1.82, 2.24) is 10.6 Å². The maximum absolute atomic E-state index is 13.8. The van der Waals surface area contributed by atoms with Gasteiger partial charge in [-0.3, -0.25) is 14.4 Å². The first kappa shape index (κ1) is 34.9. The van der Waals surface area contributed by atoms with E-state index in [1.165, 1.54) is 20.1 Å². The molecule has 252 valence electrons. The number of nitrogens with one attached hydrogen (secondary N) is 3. The van der Waals surface area contributed by atoms with Crippen LogP contribution >= 0.6 is 0 Å². The normalized spacial score (nSPS) is 14.8. The van der Waals surface area contributed by atoms with Gasteiger partial charge in [0, 0.05) is 12.5 Å². The van der Waals surface area contributed by atoms with Gasteiger partial charge in [0.25, 0.3) is 0 Å². The summed E-state index contributed by atoms with van der Waals surface area (Å²) in [7, 11) is 7.78. The predicted octanol–water partition coefficient (Wildman–Crippen LogP) is 5.19. The number of aryl methyl sites for hydroxylation is 1. The van der Waals surface area contributed by atoms with E-state index in [0.717, 1.165) is 16.7 Å². The molecule has 11 heteroatoms. The van der Waals surface area contributed by atoms with Gasteiger partial charge in [-0.15, -0.1) is 0 Å². The van der Waals surface area contributed by atoms with Gasteiger partial charge in [0.1, 0.15) is 6.04 Å².